The first-order valence-corrected chi connectivity index (χ1v) is 10.7. The number of carbonyl (C=O) groups is 1. The largest absolute Gasteiger partial charge is 0.416 e. The van der Waals surface area contributed by atoms with Crippen molar-refractivity contribution in [1.82, 2.24) is 5.32 Å². The number of nitro benzene ring substituents is 1. The normalized spacial score (nSPS) is 13.0. The summed E-state index contributed by atoms with van der Waals surface area (Å²) in [5.74, 6) is -0.788. The number of rotatable bonds is 7. The van der Waals surface area contributed by atoms with E-state index >= 15 is 0 Å². The molecule has 13 heteroatoms. The molecule has 0 spiro atoms. The number of halogens is 3. The number of nitrogens with two attached hydrogens (primary N) is 1. The fourth-order valence-electron chi connectivity index (χ4n) is 2.41. The summed E-state index contributed by atoms with van der Waals surface area (Å²) in [5, 5.41) is 18.7. The van der Waals surface area contributed by atoms with Gasteiger partial charge >= 0.3 is 6.18 Å². The summed E-state index contributed by atoms with van der Waals surface area (Å²) in [7, 11) is -3.85. The van der Waals surface area contributed by atoms with Gasteiger partial charge in [-0.25, -0.2) is 13.6 Å². The molecule has 0 fully saturated rings. The van der Waals surface area contributed by atoms with Crippen LogP contribution in [0.4, 0.5) is 18.9 Å². The summed E-state index contributed by atoms with van der Waals surface area (Å²) in [5.41, 5.74) is -1.31. The van der Waals surface area contributed by atoms with Gasteiger partial charge in [-0.2, -0.15) is 13.2 Å². The molecule has 162 valence electrons. The average molecular weight is 463 g/mol. The lowest BCUT2D eigenvalue weighted by molar-refractivity contribution is -0.388. The number of hydrogen-bond donors (Lipinski definition) is 2. The molecular formula is C17H16F3N3O5S2. The second-order valence-electron chi connectivity index (χ2n) is 6.13. The molecule has 2 aromatic rings. The lowest BCUT2D eigenvalue weighted by Crippen LogP contribution is -2.28. The summed E-state index contributed by atoms with van der Waals surface area (Å²) in [6.45, 7) is 1.63. The van der Waals surface area contributed by atoms with E-state index in [1.54, 1.807) is 6.92 Å². The number of nitro groups is 1. The molecule has 0 aliphatic carbocycles. The predicted octanol–water partition coefficient (Wildman–Crippen LogP) is 3.23. The van der Waals surface area contributed by atoms with Crippen molar-refractivity contribution in [1.29, 1.82) is 0 Å². The van der Waals surface area contributed by atoms with Crippen molar-refractivity contribution in [3.63, 3.8) is 0 Å². The molecule has 30 heavy (non-hydrogen) atoms. The number of carbonyl (C=O) groups excluding carboxylic acids is 1. The highest BCUT2D eigenvalue weighted by molar-refractivity contribution is 8.00. The van der Waals surface area contributed by atoms with E-state index in [0.29, 0.717) is 17.7 Å². The highest BCUT2D eigenvalue weighted by Crippen LogP contribution is 2.36. The Balaban J connectivity index is 2.04. The van der Waals surface area contributed by atoms with Gasteiger partial charge in [-0.15, -0.1) is 11.8 Å². The first-order valence-electron chi connectivity index (χ1n) is 8.19. The van der Waals surface area contributed by atoms with Crippen molar-refractivity contribution >= 4 is 33.4 Å². The van der Waals surface area contributed by atoms with Crippen molar-refractivity contribution < 1.29 is 31.3 Å². The third kappa shape index (κ3) is 6.18. The minimum absolute atomic E-state index is 0.0756. The van der Waals surface area contributed by atoms with Gasteiger partial charge in [0.1, 0.15) is 0 Å². The van der Waals surface area contributed by atoms with E-state index in [-0.39, 0.29) is 15.5 Å². The molecule has 0 saturated heterocycles. The fraction of sp³-hybridized carbons (Fsp3) is 0.235. The molecule has 0 saturated carbocycles. The molecule has 2 aromatic carbocycles. The Labute approximate surface area is 173 Å². The van der Waals surface area contributed by atoms with E-state index < -0.39 is 44.3 Å². The molecule has 1 atom stereocenters. The van der Waals surface area contributed by atoms with Gasteiger partial charge in [-0.05, 0) is 36.8 Å². The molecule has 0 aliphatic heterocycles. The van der Waals surface area contributed by atoms with Crippen LogP contribution in [0.1, 0.15) is 24.1 Å². The number of benzene rings is 2. The van der Waals surface area contributed by atoms with E-state index in [2.05, 4.69) is 5.32 Å². The Bertz CT molecular complexity index is 1060. The van der Waals surface area contributed by atoms with Gasteiger partial charge in [-0.3, -0.25) is 14.9 Å². The number of thioether (sulfide) groups is 1. The van der Waals surface area contributed by atoms with Gasteiger partial charge < -0.3 is 5.32 Å². The van der Waals surface area contributed by atoms with Crippen LogP contribution in [0.5, 0.6) is 0 Å². The van der Waals surface area contributed by atoms with Crippen molar-refractivity contribution in [2.45, 2.75) is 28.9 Å². The van der Waals surface area contributed by atoms with Crippen LogP contribution >= 0.6 is 11.8 Å². The Morgan fingerprint density at radius 3 is 2.33 bits per heavy atom. The molecule has 0 aromatic heterocycles. The van der Waals surface area contributed by atoms with Crippen molar-refractivity contribution in [3.05, 3.63) is 63.7 Å². The Hall–Kier alpha value is -2.64. The fourth-order valence-corrected chi connectivity index (χ4v) is 3.75. The van der Waals surface area contributed by atoms with E-state index in [9.17, 15) is 36.5 Å². The molecule has 3 N–H and O–H groups in total. The van der Waals surface area contributed by atoms with Gasteiger partial charge in [0.25, 0.3) is 5.69 Å². The lowest BCUT2D eigenvalue weighted by Gasteiger charge is -2.15. The van der Waals surface area contributed by atoms with Crippen molar-refractivity contribution in [3.8, 4) is 0 Å². The highest BCUT2D eigenvalue weighted by atomic mass is 32.2. The second-order valence-corrected chi connectivity index (χ2v) is 8.71. The quantitative estimate of drug-likeness (QED) is 0.368. The van der Waals surface area contributed by atoms with Crippen LogP contribution in [0.15, 0.2) is 52.3 Å². The maximum atomic E-state index is 12.7. The Morgan fingerprint density at radius 1 is 1.23 bits per heavy atom. The molecule has 0 unspecified atom stereocenters. The zero-order valence-corrected chi connectivity index (χ0v) is 17.0. The zero-order valence-electron chi connectivity index (χ0n) is 15.3. The smallest absolute Gasteiger partial charge is 0.349 e. The van der Waals surface area contributed by atoms with Gasteiger partial charge in [-0.1, -0.05) is 12.1 Å². The molecule has 8 nitrogen and oxygen atoms in total. The number of alkyl halides is 3. The maximum Gasteiger partial charge on any atom is 0.416 e. The van der Waals surface area contributed by atoms with Crippen LogP contribution in [0, 0.1) is 10.1 Å². The monoisotopic (exact) mass is 463 g/mol. The van der Waals surface area contributed by atoms with Crippen LogP contribution in [0.3, 0.4) is 0 Å². The first-order chi connectivity index (χ1) is 13.8. The number of sulfonamides is 1. The van der Waals surface area contributed by atoms with Crippen molar-refractivity contribution in [2.24, 2.45) is 5.14 Å². The third-order valence-electron chi connectivity index (χ3n) is 3.93. The number of nitrogens with zero attached hydrogens (tertiary/aromatic N) is 1. The molecule has 0 aliphatic rings. The van der Waals surface area contributed by atoms with Crippen LogP contribution in [0.2, 0.25) is 0 Å². The summed E-state index contributed by atoms with van der Waals surface area (Å²) in [4.78, 5) is 22.1. The van der Waals surface area contributed by atoms with Crippen LogP contribution < -0.4 is 10.5 Å². The standard InChI is InChI=1S/C17H16F3N3O5S2/c1-10(11-2-5-13(6-3-11)30(21,27)28)22-16(24)9-29-15-7-4-12(17(18,19)20)8-14(15)23(25)26/h2-8,10H,9H2,1H3,(H,22,24)(H2,21,27,28)/t10-/m1/s1. The van der Waals surface area contributed by atoms with Crippen molar-refractivity contribution in [2.75, 3.05) is 5.75 Å². The van der Waals surface area contributed by atoms with Gasteiger partial charge in [0.2, 0.25) is 15.9 Å². The minimum Gasteiger partial charge on any atom is -0.349 e. The molecule has 0 heterocycles. The average Bonchev–Trinajstić information content (AvgIpc) is 2.64. The number of hydrogen-bond acceptors (Lipinski definition) is 6. The van der Waals surface area contributed by atoms with E-state index in [1.165, 1.54) is 24.3 Å². The number of amides is 1. The van der Waals surface area contributed by atoms with Crippen LogP contribution in [-0.2, 0) is 21.0 Å². The van der Waals surface area contributed by atoms with E-state index in [4.69, 9.17) is 5.14 Å². The topological polar surface area (TPSA) is 132 Å². The maximum absolute atomic E-state index is 12.7. The van der Waals surface area contributed by atoms with Gasteiger partial charge in [0.15, 0.2) is 0 Å². The SMILES string of the molecule is C[C@@H](NC(=O)CSc1ccc(C(F)(F)F)cc1[N+](=O)[O-])c1ccc(S(N)(=O)=O)cc1. The second kappa shape index (κ2) is 9.02. The summed E-state index contributed by atoms with van der Waals surface area (Å²) in [6, 6.07) is 7.08. The summed E-state index contributed by atoms with van der Waals surface area (Å²) >= 11 is 0.729. The third-order valence-corrected chi connectivity index (χ3v) is 5.92. The zero-order chi connectivity index (χ0) is 22.7. The van der Waals surface area contributed by atoms with Gasteiger partial charge in [0, 0.05) is 6.07 Å². The predicted molar refractivity (Wildman–Crippen MR) is 103 cm³/mol. The van der Waals surface area contributed by atoms with E-state index in [0.717, 1.165) is 17.8 Å². The molecular weight excluding hydrogens is 447 g/mol. The number of primary sulfonamides is 1. The molecule has 1 amide bonds. The minimum atomic E-state index is -4.72. The lowest BCUT2D eigenvalue weighted by atomic mass is 10.1. The highest BCUT2D eigenvalue weighted by Gasteiger charge is 2.33. The van der Waals surface area contributed by atoms with Gasteiger partial charge in [0.05, 0.1) is 32.1 Å². The number of nitrogens with one attached hydrogen (secondary N) is 1. The Morgan fingerprint density at radius 2 is 1.83 bits per heavy atom. The molecule has 0 bridgehead atoms. The summed E-state index contributed by atoms with van der Waals surface area (Å²) < 4.78 is 60.7. The Kier molecular flexibility index (Phi) is 7.10. The first kappa shape index (κ1) is 23.6. The molecule has 0 radical (unpaired) electrons. The summed E-state index contributed by atoms with van der Waals surface area (Å²) in [6.07, 6.45) is -4.72. The van der Waals surface area contributed by atoms with Crippen LogP contribution in [-0.4, -0.2) is 25.0 Å². The van der Waals surface area contributed by atoms with Crippen LogP contribution in [0.25, 0.3) is 0 Å². The van der Waals surface area contributed by atoms with E-state index in [1.807, 2.05) is 0 Å². The molecule has 2 rings (SSSR count).